The molecule has 3 heterocycles. The lowest BCUT2D eigenvalue weighted by Crippen LogP contribution is -2.37. The monoisotopic (exact) mass is 529 g/mol. The number of hydroxylamine groups is 1. The van der Waals surface area contributed by atoms with Crippen molar-refractivity contribution in [2.45, 2.75) is 44.3 Å². The molecule has 0 amide bonds. The second-order valence-electron chi connectivity index (χ2n) is 8.89. The summed E-state index contributed by atoms with van der Waals surface area (Å²) in [5.74, 6) is -1.23. The Morgan fingerprint density at radius 1 is 1.08 bits per heavy atom. The summed E-state index contributed by atoms with van der Waals surface area (Å²) < 4.78 is 57.2. The van der Waals surface area contributed by atoms with Crippen molar-refractivity contribution in [1.29, 1.82) is 0 Å². The smallest absolute Gasteiger partial charge is 0.490 e. The van der Waals surface area contributed by atoms with Crippen molar-refractivity contribution in [3.8, 4) is 11.5 Å². The van der Waals surface area contributed by atoms with Gasteiger partial charge in [0.1, 0.15) is 30.4 Å². The van der Waals surface area contributed by atoms with Crippen LogP contribution in [0.15, 0.2) is 66.9 Å². The minimum Gasteiger partial charge on any atom is -0.490 e. The van der Waals surface area contributed by atoms with E-state index >= 15 is 0 Å². The van der Waals surface area contributed by atoms with Gasteiger partial charge >= 0.3 is 12.1 Å². The molecule has 0 saturated carbocycles. The largest absolute Gasteiger partial charge is 0.493 e. The molecule has 1 aromatic heterocycles. The molecule has 0 radical (unpaired) electrons. The lowest BCUT2D eigenvalue weighted by molar-refractivity contribution is -0.201. The molecule has 2 unspecified atom stereocenters. The summed E-state index contributed by atoms with van der Waals surface area (Å²) >= 11 is 0. The van der Waals surface area contributed by atoms with E-state index in [-0.39, 0.29) is 24.2 Å². The van der Waals surface area contributed by atoms with E-state index in [0.29, 0.717) is 30.3 Å². The highest BCUT2D eigenvalue weighted by Gasteiger charge is 2.46. The molecular formula is C27H26F3N3O5. The Hall–Kier alpha value is -3.99. The van der Waals surface area contributed by atoms with Crippen LogP contribution < -0.4 is 19.9 Å². The first-order chi connectivity index (χ1) is 18.4. The van der Waals surface area contributed by atoms with Crippen LogP contribution in [0.3, 0.4) is 0 Å². The van der Waals surface area contributed by atoms with Gasteiger partial charge in [-0.25, -0.2) is 9.78 Å². The zero-order chi connectivity index (χ0) is 26.5. The summed E-state index contributed by atoms with van der Waals surface area (Å²) in [6.45, 7) is 1.21. The maximum Gasteiger partial charge on any atom is 0.493 e. The van der Waals surface area contributed by atoms with Gasteiger partial charge in [-0.2, -0.15) is 18.2 Å². The fourth-order valence-electron chi connectivity index (χ4n) is 4.28. The number of halogens is 3. The molecule has 2 aliphatic rings. The van der Waals surface area contributed by atoms with E-state index in [1.807, 2.05) is 30.3 Å². The van der Waals surface area contributed by atoms with Crippen molar-refractivity contribution in [2.24, 2.45) is 0 Å². The van der Waals surface area contributed by atoms with E-state index in [2.05, 4.69) is 10.3 Å². The molecule has 1 fully saturated rings. The van der Waals surface area contributed by atoms with Crippen molar-refractivity contribution in [3.05, 3.63) is 78.0 Å². The molecule has 5 rings (SSSR count). The van der Waals surface area contributed by atoms with E-state index in [0.717, 1.165) is 29.9 Å². The Balaban J connectivity index is 1.44. The number of hydrogen-bond donors (Lipinski definition) is 1. The van der Waals surface area contributed by atoms with Gasteiger partial charge in [0.2, 0.25) is 0 Å². The van der Waals surface area contributed by atoms with Gasteiger partial charge in [-0.05, 0) is 49.1 Å². The Labute approximate surface area is 217 Å². The van der Waals surface area contributed by atoms with E-state index in [1.54, 1.807) is 18.2 Å². The lowest BCUT2D eigenvalue weighted by Gasteiger charge is -2.28. The molecule has 3 aromatic rings. The Kier molecular flexibility index (Phi) is 7.54. The van der Waals surface area contributed by atoms with Crippen LogP contribution in [0, 0.1) is 0 Å². The van der Waals surface area contributed by atoms with E-state index < -0.39 is 18.3 Å². The topological polar surface area (TPSA) is 82.2 Å². The SMILES string of the molecule is O=C(ON1c2cccnc2NC1c1ccc(OCc2ccccc2)cc1OCC1CCCCO1)C(F)(F)F. The standard InChI is InChI=1S/C27H26F3N3O5/c28-27(29,30)26(34)38-33-22-10-6-13-31-24(22)32-25(33)21-12-11-19(36-16-18-7-2-1-3-8-18)15-23(21)37-17-20-9-4-5-14-35-20/h1-3,6-8,10-13,15,20,25H,4-5,9,14,16-17H2,(H,31,32). The van der Waals surface area contributed by atoms with Crippen LogP contribution in [-0.4, -0.2) is 36.4 Å². The van der Waals surface area contributed by atoms with Crippen LogP contribution in [0.1, 0.15) is 36.6 Å². The number of hydrogen-bond acceptors (Lipinski definition) is 8. The summed E-state index contributed by atoms with van der Waals surface area (Å²) in [5.41, 5.74) is 1.58. The van der Waals surface area contributed by atoms with Crippen LogP contribution in [0.25, 0.3) is 0 Å². The average molecular weight is 530 g/mol. The molecule has 11 heteroatoms. The fraction of sp³-hybridized carbons (Fsp3) is 0.333. The predicted molar refractivity (Wildman–Crippen MR) is 132 cm³/mol. The van der Waals surface area contributed by atoms with Crippen molar-refractivity contribution in [1.82, 2.24) is 4.98 Å². The number of fused-ring (bicyclic) bond motifs is 1. The van der Waals surface area contributed by atoms with Gasteiger partial charge in [-0.15, -0.1) is 0 Å². The highest BCUT2D eigenvalue weighted by Crippen LogP contribution is 2.44. The maximum atomic E-state index is 13.1. The third-order valence-electron chi connectivity index (χ3n) is 6.17. The lowest BCUT2D eigenvalue weighted by atomic mass is 10.1. The van der Waals surface area contributed by atoms with Gasteiger partial charge in [0.25, 0.3) is 0 Å². The zero-order valence-electron chi connectivity index (χ0n) is 20.3. The van der Waals surface area contributed by atoms with E-state index in [9.17, 15) is 18.0 Å². The third kappa shape index (κ3) is 5.94. The number of anilines is 2. The number of pyridine rings is 1. The van der Waals surface area contributed by atoms with Crippen molar-refractivity contribution >= 4 is 17.5 Å². The number of nitrogens with one attached hydrogen (secondary N) is 1. The number of benzene rings is 2. The normalized spacial score (nSPS) is 18.9. The number of ether oxygens (including phenoxy) is 3. The highest BCUT2D eigenvalue weighted by molar-refractivity contribution is 5.80. The quantitative estimate of drug-likeness (QED) is 0.406. The fourth-order valence-corrected chi connectivity index (χ4v) is 4.28. The molecule has 38 heavy (non-hydrogen) atoms. The van der Waals surface area contributed by atoms with Gasteiger partial charge in [0, 0.05) is 24.4 Å². The van der Waals surface area contributed by atoms with Crippen LogP contribution in [0.4, 0.5) is 24.7 Å². The van der Waals surface area contributed by atoms with Crippen LogP contribution in [0.2, 0.25) is 0 Å². The van der Waals surface area contributed by atoms with Crippen molar-refractivity contribution < 1.29 is 37.0 Å². The maximum absolute atomic E-state index is 13.1. The minimum absolute atomic E-state index is 0.111. The average Bonchev–Trinajstić information content (AvgIpc) is 3.29. The van der Waals surface area contributed by atoms with Gasteiger partial charge in [-0.3, -0.25) is 0 Å². The summed E-state index contributed by atoms with van der Waals surface area (Å²) in [6, 6.07) is 17.7. The van der Waals surface area contributed by atoms with Crippen LogP contribution in [-0.2, 0) is 21.0 Å². The molecule has 0 spiro atoms. The Morgan fingerprint density at radius 2 is 1.92 bits per heavy atom. The molecule has 0 aliphatic carbocycles. The van der Waals surface area contributed by atoms with Gasteiger partial charge in [-0.1, -0.05) is 30.3 Å². The summed E-state index contributed by atoms with van der Waals surface area (Å²) in [4.78, 5) is 20.8. The number of rotatable bonds is 8. The second kappa shape index (κ2) is 11.2. The number of alkyl halides is 3. The third-order valence-corrected chi connectivity index (χ3v) is 6.17. The number of nitrogens with zero attached hydrogens (tertiary/aromatic N) is 2. The second-order valence-corrected chi connectivity index (χ2v) is 8.89. The minimum atomic E-state index is -5.18. The number of carbonyl (C=O) groups is 1. The molecule has 2 atom stereocenters. The van der Waals surface area contributed by atoms with Crippen LogP contribution in [0.5, 0.6) is 11.5 Å². The predicted octanol–water partition coefficient (Wildman–Crippen LogP) is 5.56. The molecule has 1 saturated heterocycles. The zero-order valence-corrected chi connectivity index (χ0v) is 20.3. The number of carbonyl (C=O) groups excluding carboxylic acids is 1. The van der Waals surface area contributed by atoms with E-state index in [4.69, 9.17) is 19.0 Å². The first kappa shape index (κ1) is 25.7. The summed E-state index contributed by atoms with van der Waals surface area (Å²) in [6.07, 6.45) is -1.99. The van der Waals surface area contributed by atoms with Gasteiger partial charge < -0.3 is 24.4 Å². The summed E-state index contributed by atoms with van der Waals surface area (Å²) in [7, 11) is 0. The van der Waals surface area contributed by atoms with Crippen molar-refractivity contribution in [3.63, 3.8) is 0 Å². The molecule has 2 aliphatic heterocycles. The molecule has 0 bridgehead atoms. The van der Waals surface area contributed by atoms with Crippen molar-refractivity contribution in [2.75, 3.05) is 23.6 Å². The number of aromatic nitrogens is 1. The first-order valence-corrected chi connectivity index (χ1v) is 12.2. The molecule has 8 nitrogen and oxygen atoms in total. The highest BCUT2D eigenvalue weighted by atomic mass is 19.4. The molecular weight excluding hydrogens is 503 g/mol. The first-order valence-electron chi connectivity index (χ1n) is 12.2. The molecule has 1 N–H and O–H groups in total. The van der Waals surface area contributed by atoms with E-state index in [1.165, 1.54) is 18.3 Å². The van der Waals surface area contributed by atoms with Crippen LogP contribution >= 0.6 is 0 Å². The summed E-state index contributed by atoms with van der Waals surface area (Å²) in [5, 5.41) is 3.89. The van der Waals surface area contributed by atoms with Gasteiger partial charge in [0.15, 0.2) is 12.0 Å². The van der Waals surface area contributed by atoms with Gasteiger partial charge in [0.05, 0.1) is 6.10 Å². The molecule has 200 valence electrons. The molecule has 2 aromatic carbocycles. The Bertz CT molecular complexity index is 1250. The Morgan fingerprint density at radius 3 is 2.68 bits per heavy atom.